The standard InChI is InChI=1S/C15H20Cl2N2O2/c1-15(2,3)21-14(20)19-5-4-18-13(9-19)10-6-11(16)8-12(17)7-10/h6-8,13,18H,4-5,9H2,1-3H3. The van der Waals surface area contributed by atoms with Crippen LogP contribution in [0.15, 0.2) is 18.2 Å². The van der Waals surface area contributed by atoms with E-state index in [1.54, 1.807) is 11.0 Å². The summed E-state index contributed by atoms with van der Waals surface area (Å²) in [7, 11) is 0. The number of ether oxygens (including phenoxy) is 1. The summed E-state index contributed by atoms with van der Waals surface area (Å²) >= 11 is 12.1. The minimum atomic E-state index is -0.489. The molecule has 1 heterocycles. The topological polar surface area (TPSA) is 41.6 Å². The Morgan fingerprint density at radius 3 is 2.48 bits per heavy atom. The van der Waals surface area contributed by atoms with Crippen LogP contribution in [0.4, 0.5) is 4.79 Å². The van der Waals surface area contributed by atoms with Crippen molar-refractivity contribution in [1.29, 1.82) is 0 Å². The minimum Gasteiger partial charge on any atom is -0.444 e. The van der Waals surface area contributed by atoms with Gasteiger partial charge in [0, 0.05) is 29.7 Å². The highest BCUT2D eigenvalue weighted by molar-refractivity contribution is 6.34. The number of rotatable bonds is 1. The lowest BCUT2D eigenvalue weighted by molar-refractivity contribution is 0.0195. The third-order valence-corrected chi connectivity index (χ3v) is 3.55. The van der Waals surface area contributed by atoms with Crippen LogP contribution in [0.5, 0.6) is 0 Å². The lowest BCUT2D eigenvalue weighted by Gasteiger charge is -2.35. The molecule has 0 spiro atoms. The number of hydrogen-bond acceptors (Lipinski definition) is 3. The number of hydrogen-bond donors (Lipinski definition) is 1. The van der Waals surface area contributed by atoms with Gasteiger partial charge >= 0.3 is 6.09 Å². The zero-order valence-corrected chi connectivity index (χ0v) is 14.0. The fourth-order valence-corrected chi connectivity index (χ4v) is 2.78. The van der Waals surface area contributed by atoms with Crippen molar-refractivity contribution in [3.05, 3.63) is 33.8 Å². The van der Waals surface area contributed by atoms with Crippen molar-refractivity contribution < 1.29 is 9.53 Å². The van der Waals surface area contributed by atoms with Gasteiger partial charge in [-0.2, -0.15) is 0 Å². The number of piperazine rings is 1. The molecule has 0 aromatic heterocycles. The Bertz CT molecular complexity index is 509. The van der Waals surface area contributed by atoms with Crippen LogP contribution in [0.1, 0.15) is 32.4 Å². The van der Waals surface area contributed by atoms with Crippen LogP contribution in [0.2, 0.25) is 10.0 Å². The maximum absolute atomic E-state index is 12.1. The SMILES string of the molecule is CC(C)(C)OC(=O)N1CCNC(c2cc(Cl)cc(Cl)c2)C1. The highest BCUT2D eigenvalue weighted by atomic mass is 35.5. The van der Waals surface area contributed by atoms with Crippen molar-refractivity contribution in [3.8, 4) is 0 Å². The second-order valence-electron chi connectivity index (χ2n) is 6.14. The third-order valence-electron chi connectivity index (χ3n) is 3.11. The molecule has 116 valence electrons. The molecule has 0 saturated carbocycles. The Morgan fingerprint density at radius 2 is 1.90 bits per heavy atom. The maximum atomic E-state index is 12.1. The Hall–Kier alpha value is -0.970. The molecule has 0 bridgehead atoms. The third kappa shape index (κ3) is 4.77. The van der Waals surface area contributed by atoms with Crippen LogP contribution in [0.3, 0.4) is 0 Å². The first-order chi connectivity index (χ1) is 9.74. The fraction of sp³-hybridized carbons (Fsp3) is 0.533. The van der Waals surface area contributed by atoms with E-state index < -0.39 is 5.60 Å². The number of carbonyl (C=O) groups is 1. The summed E-state index contributed by atoms with van der Waals surface area (Å²) in [5, 5.41) is 4.55. The van der Waals surface area contributed by atoms with E-state index in [1.165, 1.54) is 0 Å². The predicted octanol–water partition coefficient (Wildman–Crippen LogP) is 3.87. The number of benzene rings is 1. The van der Waals surface area contributed by atoms with Crippen molar-refractivity contribution >= 4 is 29.3 Å². The molecule has 1 N–H and O–H groups in total. The zero-order valence-electron chi connectivity index (χ0n) is 12.5. The minimum absolute atomic E-state index is 0.00229. The molecule has 1 unspecified atom stereocenters. The molecule has 0 radical (unpaired) electrons. The van der Waals surface area contributed by atoms with Gasteiger partial charge in [0.2, 0.25) is 0 Å². The van der Waals surface area contributed by atoms with Crippen molar-refractivity contribution in [1.82, 2.24) is 10.2 Å². The van der Waals surface area contributed by atoms with Crippen LogP contribution < -0.4 is 5.32 Å². The Balaban J connectivity index is 2.08. The van der Waals surface area contributed by atoms with Gasteiger partial charge in [-0.1, -0.05) is 23.2 Å². The molecule has 21 heavy (non-hydrogen) atoms. The van der Waals surface area contributed by atoms with E-state index in [-0.39, 0.29) is 12.1 Å². The average Bonchev–Trinajstić information content (AvgIpc) is 2.36. The van der Waals surface area contributed by atoms with Gasteiger partial charge in [-0.15, -0.1) is 0 Å². The molecule has 1 aromatic carbocycles. The molecular formula is C15H20Cl2N2O2. The highest BCUT2D eigenvalue weighted by Gasteiger charge is 2.28. The van der Waals surface area contributed by atoms with Crippen molar-refractivity contribution in [2.24, 2.45) is 0 Å². The number of nitrogens with one attached hydrogen (secondary N) is 1. The Morgan fingerprint density at radius 1 is 1.29 bits per heavy atom. The number of nitrogens with zero attached hydrogens (tertiary/aromatic N) is 1. The van der Waals surface area contributed by atoms with Crippen molar-refractivity contribution in [2.45, 2.75) is 32.4 Å². The van der Waals surface area contributed by atoms with Gasteiger partial charge in [-0.05, 0) is 44.5 Å². The molecule has 1 aliphatic rings. The van der Waals surface area contributed by atoms with Crippen LogP contribution in [0, 0.1) is 0 Å². The lowest BCUT2D eigenvalue weighted by atomic mass is 10.0. The largest absolute Gasteiger partial charge is 0.444 e. The summed E-state index contributed by atoms with van der Waals surface area (Å²) in [6.45, 7) is 7.45. The lowest BCUT2D eigenvalue weighted by Crippen LogP contribution is -2.49. The molecule has 1 aliphatic heterocycles. The average molecular weight is 331 g/mol. The van der Waals surface area contributed by atoms with Crippen LogP contribution >= 0.6 is 23.2 Å². The molecule has 1 atom stereocenters. The van der Waals surface area contributed by atoms with Gasteiger partial charge in [0.1, 0.15) is 5.60 Å². The molecule has 2 rings (SSSR count). The second kappa shape index (κ2) is 6.42. The van der Waals surface area contributed by atoms with E-state index in [0.29, 0.717) is 29.7 Å². The molecule has 0 aliphatic carbocycles. The first-order valence-corrected chi connectivity index (χ1v) is 7.67. The number of carbonyl (C=O) groups excluding carboxylic acids is 1. The van der Waals surface area contributed by atoms with E-state index in [0.717, 1.165) is 5.56 Å². The Kier molecular flexibility index (Phi) is 5.02. The summed E-state index contributed by atoms with van der Waals surface area (Å²) in [5.74, 6) is 0. The molecule has 6 heteroatoms. The van der Waals surface area contributed by atoms with Crippen LogP contribution in [0.25, 0.3) is 0 Å². The summed E-state index contributed by atoms with van der Waals surface area (Å²) in [6.07, 6.45) is -0.290. The quantitative estimate of drug-likeness (QED) is 0.849. The number of amides is 1. The van der Waals surface area contributed by atoms with E-state index in [9.17, 15) is 4.79 Å². The van der Waals surface area contributed by atoms with E-state index in [2.05, 4.69) is 5.32 Å². The maximum Gasteiger partial charge on any atom is 0.410 e. The van der Waals surface area contributed by atoms with Crippen molar-refractivity contribution in [2.75, 3.05) is 19.6 Å². The molecule has 1 amide bonds. The van der Waals surface area contributed by atoms with Gasteiger partial charge in [-0.25, -0.2) is 4.79 Å². The molecule has 4 nitrogen and oxygen atoms in total. The summed E-state index contributed by atoms with van der Waals surface area (Å²) in [5.41, 5.74) is 0.484. The first kappa shape index (κ1) is 16.4. The summed E-state index contributed by atoms with van der Waals surface area (Å²) in [6, 6.07) is 5.43. The normalized spacial score (nSPS) is 19.5. The van der Waals surface area contributed by atoms with Gasteiger partial charge in [0.15, 0.2) is 0 Å². The predicted molar refractivity (Wildman–Crippen MR) is 85.0 cm³/mol. The molecular weight excluding hydrogens is 311 g/mol. The van der Waals surface area contributed by atoms with E-state index >= 15 is 0 Å². The first-order valence-electron chi connectivity index (χ1n) is 6.92. The van der Waals surface area contributed by atoms with Gasteiger partial charge < -0.3 is 15.0 Å². The highest BCUT2D eigenvalue weighted by Crippen LogP contribution is 2.25. The fourth-order valence-electron chi connectivity index (χ4n) is 2.24. The summed E-state index contributed by atoms with van der Waals surface area (Å²) < 4.78 is 5.42. The zero-order chi connectivity index (χ0) is 15.6. The van der Waals surface area contributed by atoms with Crippen molar-refractivity contribution in [3.63, 3.8) is 0 Å². The molecule has 1 fully saturated rings. The number of halogens is 2. The second-order valence-corrected chi connectivity index (χ2v) is 7.01. The Labute approximate surface area is 135 Å². The van der Waals surface area contributed by atoms with Crippen LogP contribution in [-0.2, 0) is 4.74 Å². The molecule has 1 saturated heterocycles. The van der Waals surface area contributed by atoms with Gasteiger partial charge in [0.25, 0.3) is 0 Å². The molecule has 1 aromatic rings. The van der Waals surface area contributed by atoms with Gasteiger partial charge in [0.05, 0.1) is 6.04 Å². The van der Waals surface area contributed by atoms with E-state index in [1.807, 2.05) is 32.9 Å². The monoisotopic (exact) mass is 330 g/mol. The van der Waals surface area contributed by atoms with Gasteiger partial charge in [-0.3, -0.25) is 0 Å². The smallest absolute Gasteiger partial charge is 0.410 e. The van der Waals surface area contributed by atoms with Crippen LogP contribution in [-0.4, -0.2) is 36.2 Å². The summed E-state index contributed by atoms with van der Waals surface area (Å²) in [4.78, 5) is 13.9. The van der Waals surface area contributed by atoms with E-state index in [4.69, 9.17) is 27.9 Å².